The number of hydrogen-bond donors (Lipinski definition) is 3. The first-order valence-electron chi connectivity index (χ1n) is 4.57. The summed E-state index contributed by atoms with van der Waals surface area (Å²) in [5.74, 6) is -0.284. The molecule has 0 aliphatic rings. The Bertz CT molecular complexity index is 343. The highest BCUT2D eigenvalue weighted by molar-refractivity contribution is 7.09. The molecule has 15 heavy (non-hydrogen) atoms. The van der Waals surface area contributed by atoms with Crippen LogP contribution in [0, 0.1) is 0 Å². The Balaban J connectivity index is 2.54. The monoisotopic (exact) mass is 229 g/mol. The zero-order valence-corrected chi connectivity index (χ0v) is 9.60. The average molecular weight is 229 g/mol. The zero-order chi connectivity index (χ0) is 11.5. The standard InChI is InChI=1S/C9H15N3O2S/c1-9(2,14)5-11-8(13)6-4-15-7(3-10)12-6/h4,14H,3,5,10H2,1-2H3,(H,11,13). The van der Waals surface area contributed by atoms with E-state index < -0.39 is 5.60 Å². The largest absolute Gasteiger partial charge is 0.389 e. The van der Waals surface area contributed by atoms with E-state index in [1.807, 2.05) is 0 Å². The lowest BCUT2D eigenvalue weighted by Gasteiger charge is -2.16. The van der Waals surface area contributed by atoms with Gasteiger partial charge in [-0.1, -0.05) is 0 Å². The Hall–Kier alpha value is -0.980. The molecule has 4 N–H and O–H groups in total. The molecule has 84 valence electrons. The second-order valence-corrected chi connectivity index (χ2v) is 4.77. The molecule has 0 radical (unpaired) electrons. The van der Waals surface area contributed by atoms with Crippen molar-refractivity contribution in [3.63, 3.8) is 0 Å². The van der Waals surface area contributed by atoms with Crippen LogP contribution in [0.3, 0.4) is 0 Å². The number of rotatable bonds is 4. The first kappa shape index (κ1) is 12.1. The number of thiazole rings is 1. The van der Waals surface area contributed by atoms with E-state index in [-0.39, 0.29) is 12.5 Å². The van der Waals surface area contributed by atoms with E-state index in [1.165, 1.54) is 11.3 Å². The van der Waals surface area contributed by atoms with Crippen molar-refractivity contribution >= 4 is 17.2 Å². The van der Waals surface area contributed by atoms with E-state index in [0.29, 0.717) is 12.2 Å². The Morgan fingerprint density at radius 1 is 1.73 bits per heavy atom. The van der Waals surface area contributed by atoms with Crippen LogP contribution in [0.2, 0.25) is 0 Å². The van der Waals surface area contributed by atoms with Gasteiger partial charge in [0.25, 0.3) is 5.91 Å². The molecule has 0 unspecified atom stereocenters. The van der Waals surface area contributed by atoms with Gasteiger partial charge in [0.15, 0.2) is 0 Å². The average Bonchev–Trinajstić information content (AvgIpc) is 2.61. The van der Waals surface area contributed by atoms with Crippen LogP contribution in [0.4, 0.5) is 0 Å². The molecular weight excluding hydrogens is 214 g/mol. The van der Waals surface area contributed by atoms with Gasteiger partial charge in [-0.2, -0.15) is 0 Å². The van der Waals surface area contributed by atoms with Gasteiger partial charge in [-0.25, -0.2) is 4.98 Å². The fraction of sp³-hybridized carbons (Fsp3) is 0.556. The van der Waals surface area contributed by atoms with Crippen LogP contribution in [0.25, 0.3) is 0 Å². The third-order valence-electron chi connectivity index (χ3n) is 1.64. The molecule has 6 heteroatoms. The van der Waals surface area contributed by atoms with Crippen molar-refractivity contribution in [3.8, 4) is 0 Å². The Morgan fingerprint density at radius 2 is 2.40 bits per heavy atom. The van der Waals surface area contributed by atoms with E-state index in [2.05, 4.69) is 10.3 Å². The molecule has 0 spiro atoms. The SMILES string of the molecule is CC(C)(O)CNC(=O)c1csc(CN)n1. The van der Waals surface area contributed by atoms with Crippen LogP contribution in [0.1, 0.15) is 29.3 Å². The molecular formula is C9H15N3O2S. The minimum absolute atomic E-state index is 0.196. The molecule has 0 atom stereocenters. The fourth-order valence-electron chi connectivity index (χ4n) is 0.896. The first-order chi connectivity index (χ1) is 6.92. The minimum Gasteiger partial charge on any atom is -0.389 e. The number of aliphatic hydroxyl groups is 1. The minimum atomic E-state index is -0.914. The maximum atomic E-state index is 11.5. The number of nitrogens with two attached hydrogens (primary N) is 1. The van der Waals surface area contributed by atoms with Crippen LogP contribution >= 0.6 is 11.3 Å². The van der Waals surface area contributed by atoms with Crippen molar-refractivity contribution < 1.29 is 9.90 Å². The van der Waals surface area contributed by atoms with Crippen LogP contribution in [-0.2, 0) is 6.54 Å². The number of nitrogens with one attached hydrogen (secondary N) is 1. The number of aromatic nitrogens is 1. The maximum Gasteiger partial charge on any atom is 0.270 e. The Morgan fingerprint density at radius 3 is 2.87 bits per heavy atom. The first-order valence-corrected chi connectivity index (χ1v) is 5.45. The van der Waals surface area contributed by atoms with Gasteiger partial charge >= 0.3 is 0 Å². The Kier molecular flexibility index (Phi) is 3.78. The highest BCUT2D eigenvalue weighted by atomic mass is 32.1. The van der Waals surface area contributed by atoms with Crippen LogP contribution in [-0.4, -0.2) is 28.1 Å². The molecule has 0 aliphatic heterocycles. The number of carbonyl (C=O) groups is 1. The maximum absolute atomic E-state index is 11.5. The van der Waals surface area contributed by atoms with Crippen molar-refractivity contribution in [1.29, 1.82) is 0 Å². The smallest absolute Gasteiger partial charge is 0.270 e. The van der Waals surface area contributed by atoms with E-state index in [1.54, 1.807) is 19.2 Å². The van der Waals surface area contributed by atoms with E-state index >= 15 is 0 Å². The lowest BCUT2D eigenvalue weighted by Crippen LogP contribution is -2.38. The van der Waals surface area contributed by atoms with Gasteiger partial charge in [0, 0.05) is 18.5 Å². The van der Waals surface area contributed by atoms with Gasteiger partial charge in [-0.15, -0.1) is 11.3 Å². The van der Waals surface area contributed by atoms with Gasteiger partial charge in [-0.3, -0.25) is 4.79 Å². The molecule has 0 fully saturated rings. The molecule has 1 amide bonds. The predicted octanol–water partition coefficient (Wildman–Crippen LogP) is 0.103. The summed E-state index contributed by atoms with van der Waals surface area (Å²) in [5, 5.41) is 14.4. The molecule has 1 rings (SSSR count). The third kappa shape index (κ3) is 3.94. The van der Waals surface area contributed by atoms with E-state index in [4.69, 9.17) is 5.73 Å². The van der Waals surface area contributed by atoms with Crippen molar-refractivity contribution in [3.05, 3.63) is 16.1 Å². The van der Waals surface area contributed by atoms with Gasteiger partial charge in [0.05, 0.1) is 5.60 Å². The highest BCUT2D eigenvalue weighted by Gasteiger charge is 2.16. The van der Waals surface area contributed by atoms with Gasteiger partial charge < -0.3 is 16.2 Å². The number of amides is 1. The van der Waals surface area contributed by atoms with Crippen LogP contribution in [0.5, 0.6) is 0 Å². The van der Waals surface area contributed by atoms with Crippen molar-refractivity contribution in [2.75, 3.05) is 6.54 Å². The van der Waals surface area contributed by atoms with Gasteiger partial charge in [0.2, 0.25) is 0 Å². The second-order valence-electron chi connectivity index (χ2n) is 3.83. The molecule has 1 heterocycles. The summed E-state index contributed by atoms with van der Waals surface area (Å²) in [6.07, 6.45) is 0. The summed E-state index contributed by atoms with van der Waals surface area (Å²) >= 11 is 1.35. The lowest BCUT2D eigenvalue weighted by atomic mass is 10.1. The van der Waals surface area contributed by atoms with E-state index in [9.17, 15) is 9.90 Å². The Labute approximate surface area is 92.3 Å². The molecule has 1 aromatic heterocycles. The highest BCUT2D eigenvalue weighted by Crippen LogP contribution is 2.08. The van der Waals surface area contributed by atoms with Crippen molar-refractivity contribution in [1.82, 2.24) is 10.3 Å². The second kappa shape index (κ2) is 4.69. The fourth-order valence-corrected chi connectivity index (χ4v) is 1.55. The number of carbonyl (C=O) groups excluding carboxylic acids is 1. The lowest BCUT2D eigenvalue weighted by molar-refractivity contribution is 0.0692. The summed E-state index contributed by atoms with van der Waals surface area (Å²) in [7, 11) is 0. The molecule has 0 saturated heterocycles. The summed E-state index contributed by atoms with van der Waals surface area (Å²) < 4.78 is 0. The normalized spacial score (nSPS) is 11.5. The molecule has 0 aliphatic carbocycles. The van der Waals surface area contributed by atoms with Gasteiger partial charge in [0.1, 0.15) is 10.7 Å². The third-order valence-corrected chi connectivity index (χ3v) is 2.51. The quantitative estimate of drug-likeness (QED) is 0.683. The molecule has 0 aromatic carbocycles. The summed E-state index contributed by atoms with van der Waals surface area (Å²) in [6, 6.07) is 0. The van der Waals surface area contributed by atoms with E-state index in [0.717, 1.165) is 5.01 Å². The zero-order valence-electron chi connectivity index (χ0n) is 8.78. The summed E-state index contributed by atoms with van der Waals surface area (Å²) in [5.41, 5.74) is 4.82. The number of nitrogens with zero attached hydrogens (tertiary/aromatic N) is 1. The topological polar surface area (TPSA) is 88.2 Å². The molecule has 1 aromatic rings. The summed E-state index contributed by atoms with van der Waals surface area (Å²) in [4.78, 5) is 15.5. The van der Waals surface area contributed by atoms with Crippen LogP contribution in [0.15, 0.2) is 5.38 Å². The predicted molar refractivity (Wildman–Crippen MR) is 58.6 cm³/mol. The van der Waals surface area contributed by atoms with Crippen molar-refractivity contribution in [2.24, 2.45) is 5.73 Å². The molecule has 5 nitrogen and oxygen atoms in total. The summed E-state index contributed by atoms with van der Waals surface area (Å²) in [6.45, 7) is 3.78. The number of hydrogen-bond acceptors (Lipinski definition) is 5. The van der Waals surface area contributed by atoms with Crippen LogP contribution < -0.4 is 11.1 Å². The molecule has 0 saturated carbocycles. The van der Waals surface area contributed by atoms with Crippen molar-refractivity contribution in [2.45, 2.75) is 26.0 Å². The molecule has 0 bridgehead atoms. The van der Waals surface area contributed by atoms with Gasteiger partial charge in [-0.05, 0) is 13.8 Å².